The lowest BCUT2D eigenvalue weighted by molar-refractivity contribution is -0.151. The lowest BCUT2D eigenvalue weighted by Crippen LogP contribution is -2.47. The SMILES string of the molecule is COC(=O)c1c(NC(=O)COC(=O)[C@@H](Cc2ccccc2)N2C(=O)c3ccccc3C2=O)sc2c1CC[C@H](C)C2. The van der Waals surface area contributed by atoms with Crippen LogP contribution in [0.3, 0.4) is 0 Å². The third-order valence-electron chi connectivity index (χ3n) is 7.18. The Bertz CT molecular complexity index is 1460. The molecule has 0 saturated heterocycles. The van der Waals surface area contributed by atoms with Gasteiger partial charge in [-0.1, -0.05) is 49.4 Å². The van der Waals surface area contributed by atoms with Crippen molar-refractivity contribution in [2.75, 3.05) is 19.0 Å². The average molecular weight is 561 g/mol. The largest absolute Gasteiger partial charge is 0.465 e. The van der Waals surface area contributed by atoms with Gasteiger partial charge in [-0.2, -0.15) is 0 Å². The maximum atomic E-state index is 13.3. The van der Waals surface area contributed by atoms with Gasteiger partial charge in [0, 0.05) is 11.3 Å². The van der Waals surface area contributed by atoms with E-state index in [-0.39, 0.29) is 17.5 Å². The van der Waals surface area contributed by atoms with E-state index in [4.69, 9.17) is 9.47 Å². The molecule has 9 nitrogen and oxygen atoms in total. The molecule has 0 spiro atoms. The molecule has 3 amide bonds. The molecule has 1 aliphatic heterocycles. The Kier molecular flexibility index (Phi) is 7.79. The Morgan fingerprint density at radius 1 is 1.02 bits per heavy atom. The molecule has 1 aromatic heterocycles. The number of ether oxygens (including phenoxy) is 2. The van der Waals surface area contributed by atoms with Crippen LogP contribution < -0.4 is 5.32 Å². The van der Waals surface area contributed by atoms with Crippen molar-refractivity contribution in [1.29, 1.82) is 0 Å². The minimum Gasteiger partial charge on any atom is -0.465 e. The monoisotopic (exact) mass is 560 g/mol. The van der Waals surface area contributed by atoms with Gasteiger partial charge in [-0.05, 0) is 48.4 Å². The molecular weight excluding hydrogens is 532 g/mol. The molecule has 5 rings (SSSR count). The van der Waals surface area contributed by atoms with Crippen LogP contribution in [-0.4, -0.2) is 54.3 Å². The molecule has 2 heterocycles. The van der Waals surface area contributed by atoms with Crippen molar-refractivity contribution >= 4 is 46.0 Å². The Balaban J connectivity index is 1.33. The van der Waals surface area contributed by atoms with Crippen molar-refractivity contribution in [1.82, 2.24) is 4.90 Å². The topological polar surface area (TPSA) is 119 Å². The molecule has 0 fully saturated rings. The summed E-state index contributed by atoms with van der Waals surface area (Å²) in [5.41, 5.74) is 2.36. The van der Waals surface area contributed by atoms with Crippen LogP contribution in [0.4, 0.5) is 5.00 Å². The zero-order valence-corrected chi connectivity index (χ0v) is 22.9. The van der Waals surface area contributed by atoms with Gasteiger partial charge in [0.1, 0.15) is 11.0 Å². The number of esters is 2. The Morgan fingerprint density at radius 3 is 2.33 bits per heavy atom. The van der Waals surface area contributed by atoms with E-state index in [0.717, 1.165) is 28.2 Å². The number of thiophene rings is 1. The summed E-state index contributed by atoms with van der Waals surface area (Å²) in [6, 6.07) is 14.0. The van der Waals surface area contributed by atoms with E-state index >= 15 is 0 Å². The molecule has 0 unspecified atom stereocenters. The van der Waals surface area contributed by atoms with Crippen molar-refractivity contribution in [3.63, 3.8) is 0 Å². The zero-order valence-electron chi connectivity index (χ0n) is 22.1. The number of hydrogen-bond donors (Lipinski definition) is 1. The standard InChI is InChI=1S/C30H28N2O7S/c1-17-12-13-21-23(14-17)40-26(25(21)30(37)38-2)31-24(33)16-39-29(36)22(15-18-8-4-3-5-9-18)32-27(34)19-10-6-7-11-20(19)28(32)35/h3-11,17,22H,12-16H2,1-2H3,(H,31,33)/t17-,22+/m0/s1. The molecule has 0 radical (unpaired) electrons. The van der Waals surface area contributed by atoms with Gasteiger partial charge in [0.15, 0.2) is 6.61 Å². The molecule has 1 aliphatic carbocycles. The fourth-order valence-electron chi connectivity index (χ4n) is 5.16. The number of amides is 3. The molecule has 2 aliphatic rings. The number of rotatable bonds is 8. The highest BCUT2D eigenvalue weighted by Gasteiger charge is 2.43. The van der Waals surface area contributed by atoms with Gasteiger partial charge in [-0.3, -0.25) is 19.3 Å². The van der Waals surface area contributed by atoms with Gasteiger partial charge in [0.05, 0.1) is 23.8 Å². The number of methoxy groups -OCH3 is 1. The summed E-state index contributed by atoms with van der Waals surface area (Å²) in [6.07, 6.45) is 2.47. The molecule has 1 N–H and O–H groups in total. The lowest BCUT2D eigenvalue weighted by atomic mass is 9.88. The Morgan fingerprint density at radius 2 is 1.68 bits per heavy atom. The van der Waals surface area contributed by atoms with E-state index in [1.54, 1.807) is 36.4 Å². The number of hydrogen-bond acceptors (Lipinski definition) is 8. The first-order chi connectivity index (χ1) is 19.3. The summed E-state index contributed by atoms with van der Waals surface area (Å²) >= 11 is 1.32. The summed E-state index contributed by atoms with van der Waals surface area (Å²) in [7, 11) is 1.29. The highest BCUT2D eigenvalue weighted by molar-refractivity contribution is 7.17. The molecular formula is C30H28N2O7S. The van der Waals surface area contributed by atoms with E-state index in [1.807, 2.05) is 6.07 Å². The van der Waals surface area contributed by atoms with Crippen molar-refractivity contribution in [3.05, 3.63) is 87.3 Å². The summed E-state index contributed by atoms with van der Waals surface area (Å²) in [6.45, 7) is 1.48. The summed E-state index contributed by atoms with van der Waals surface area (Å²) < 4.78 is 10.3. The summed E-state index contributed by atoms with van der Waals surface area (Å²) in [5.74, 6) is -2.79. The van der Waals surface area contributed by atoms with Crippen molar-refractivity contribution in [2.24, 2.45) is 5.92 Å². The molecule has 2 atom stereocenters. The highest BCUT2D eigenvalue weighted by Crippen LogP contribution is 2.40. The molecule has 40 heavy (non-hydrogen) atoms. The predicted molar refractivity (Wildman–Crippen MR) is 147 cm³/mol. The summed E-state index contributed by atoms with van der Waals surface area (Å²) in [4.78, 5) is 67.0. The van der Waals surface area contributed by atoms with Crippen molar-refractivity contribution < 1.29 is 33.4 Å². The van der Waals surface area contributed by atoms with E-state index in [1.165, 1.54) is 30.6 Å². The number of nitrogens with one attached hydrogen (secondary N) is 1. The lowest BCUT2D eigenvalue weighted by Gasteiger charge is -2.24. The van der Waals surface area contributed by atoms with Crippen molar-refractivity contribution in [3.8, 4) is 0 Å². The first kappa shape index (κ1) is 27.3. The van der Waals surface area contributed by atoms with Crippen LogP contribution in [0, 0.1) is 5.92 Å². The van der Waals surface area contributed by atoms with Crippen LogP contribution >= 0.6 is 11.3 Å². The van der Waals surface area contributed by atoms with Crippen LogP contribution in [0.15, 0.2) is 54.6 Å². The quantitative estimate of drug-likeness (QED) is 0.326. The van der Waals surface area contributed by atoms with E-state index in [0.29, 0.717) is 28.5 Å². The van der Waals surface area contributed by atoms with Crippen LogP contribution in [-0.2, 0) is 38.3 Å². The van der Waals surface area contributed by atoms with Gasteiger partial charge in [-0.15, -0.1) is 11.3 Å². The summed E-state index contributed by atoms with van der Waals surface area (Å²) in [5, 5.41) is 3.05. The second-order valence-corrected chi connectivity index (χ2v) is 11.0. The molecule has 10 heteroatoms. The van der Waals surface area contributed by atoms with Gasteiger partial charge in [-0.25, -0.2) is 9.59 Å². The minimum absolute atomic E-state index is 0.0229. The van der Waals surface area contributed by atoms with Gasteiger partial charge in [0.25, 0.3) is 17.7 Å². The number of anilines is 1. The number of fused-ring (bicyclic) bond motifs is 2. The number of carbonyl (C=O) groups excluding carboxylic acids is 5. The highest BCUT2D eigenvalue weighted by atomic mass is 32.1. The van der Waals surface area contributed by atoms with Gasteiger partial charge < -0.3 is 14.8 Å². The fourth-order valence-corrected chi connectivity index (χ4v) is 6.58. The van der Waals surface area contributed by atoms with Crippen LogP contribution in [0.5, 0.6) is 0 Å². The van der Waals surface area contributed by atoms with E-state index < -0.39 is 42.3 Å². The van der Waals surface area contributed by atoms with Crippen LogP contribution in [0.25, 0.3) is 0 Å². The molecule has 0 bridgehead atoms. The maximum Gasteiger partial charge on any atom is 0.341 e. The fraction of sp³-hybridized carbons (Fsp3) is 0.300. The predicted octanol–water partition coefficient (Wildman–Crippen LogP) is 4.05. The number of imide groups is 1. The number of nitrogens with zero attached hydrogens (tertiary/aromatic N) is 1. The number of benzene rings is 2. The first-order valence-electron chi connectivity index (χ1n) is 13.0. The molecule has 0 saturated carbocycles. The first-order valence-corrected chi connectivity index (χ1v) is 13.8. The van der Waals surface area contributed by atoms with Crippen LogP contribution in [0.2, 0.25) is 0 Å². The molecule has 3 aromatic rings. The van der Waals surface area contributed by atoms with E-state index in [2.05, 4.69) is 12.2 Å². The Labute approximate surface area is 235 Å². The molecule has 2 aromatic carbocycles. The third kappa shape index (κ3) is 5.27. The van der Waals surface area contributed by atoms with Crippen molar-refractivity contribution in [2.45, 2.75) is 38.6 Å². The van der Waals surface area contributed by atoms with E-state index in [9.17, 15) is 24.0 Å². The smallest absolute Gasteiger partial charge is 0.341 e. The second kappa shape index (κ2) is 11.4. The van der Waals surface area contributed by atoms with Crippen LogP contribution in [0.1, 0.15) is 60.4 Å². The Hall–Kier alpha value is -4.31. The number of carbonyl (C=O) groups is 5. The third-order valence-corrected chi connectivity index (χ3v) is 8.35. The maximum absolute atomic E-state index is 13.3. The zero-order chi connectivity index (χ0) is 28.4. The second-order valence-electron chi connectivity index (χ2n) is 9.93. The minimum atomic E-state index is -1.27. The average Bonchev–Trinajstić information content (AvgIpc) is 3.43. The molecule has 206 valence electrons. The normalized spacial score (nSPS) is 16.6. The van der Waals surface area contributed by atoms with Gasteiger partial charge >= 0.3 is 11.9 Å². The van der Waals surface area contributed by atoms with Gasteiger partial charge in [0.2, 0.25) is 0 Å².